The van der Waals surface area contributed by atoms with E-state index in [1.54, 1.807) is 12.3 Å². The van der Waals surface area contributed by atoms with E-state index in [0.717, 1.165) is 11.5 Å². The fourth-order valence-corrected chi connectivity index (χ4v) is 1.71. The van der Waals surface area contributed by atoms with Crippen molar-refractivity contribution in [1.29, 1.82) is 0 Å². The van der Waals surface area contributed by atoms with Gasteiger partial charge in [-0.15, -0.1) is 0 Å². The molecule has 0 aliphatic heterocycles. The van der Waals surface area contributed by atoms with Crippen molar-refractivity contribution in [2.45, 2.75) is 39.8 Å². The maximum atomic E-state index is 5.89. The summed E-state index contributed by atoms with van der Waals surface area (Å²) in [5.74, 6) is 1.88. The predicted molar refractivity (Wildman–Crippen MR) is 83.1 cm³/mol. The number of nitrogen functional groups attached to an aromatic ring is 1. The summed E-state index contributed by atoms with van der Waals surface area (Å²) in [7, 11) is 0. The Labute approximate surface area is 124 Å². The monoisotopic (exact) mass is 287 g/mol. The molecule has 0 spiro atoms. The van der Waals surface area contributed by atoms with Gasteiger partial charge >= 0.3 is 0 Å². The van der Waals surface area contributed by atoms with E-state index in [-0.39, 0.29) is 5.60 Å². The molecule has 2 rings (SSSR count). The number of aryl methyl sites for hydroxylation is 1. The van der Waals surface area contributed by atoms with E-state index in [4.69, 9.17) is 10.5 Å². The Hall–Kier alpha value is -2.37. The largest absolute Gasteiger partial charge is 0.470 e. The molecule has 0 radical (unpaired) electrons. The number of hydrogen-bond donors (Lipinski definition) is 2. The third-order valence-corrected chi connectivity index (χ3v) is 2.58. The van der Waals surface area contributed by atoms with Crippen LogP contribution in [0.5, 0.6) is 5.88 Å². The van der Waals surface area contributed by atoms with Gasteiger partial charge in [-0.25, -0.2) is 9.97 Å². The van der Waals surface area contributed by atoms with Gasteiger partial charge in [-0.2, -0.15) is 4.98 Å². The van der Waals surface area contributed by atoms with Gasteiger partial charge in [0, 0.05) is 6.20 Å². The number of nitrogens with two attached hydrogens (primary N) is 1. The van der Waals surface area contributed by atoms with Crippen LogP contribution in [-0.2, 0) is 6.54 Å². The molecule has 6 nitrogen and oxygen atoms in total. The summed E-state index contributed by atoms with van der Waals surface area (Å²) in [6, 6.07) is 5.46. The first-order valence-corrected chi connectivity index (χ1v) is 6.81. The highest BCUT2D eigenvalue weighted by Crippen LogP contribution is 2.25. The molecule has 0 unspecified atom stereocenters. The minimum absolute atomic E-state index is 0.344. The molecule has 0 fully saturated rings. The lowest BCUT2D eigenvalue weighted by Gasteiger charge is -2.21. The number of hydrogen-bond acceptors (Lipinski definition) is 6. The van der Waals surface area contributed by atoms with Gasteiger partial charge in [0.05, 0.1) is 17.9 Å². The molecule has 2 aromatic rings. The van der Waals surface area contributed by atoms with Crippen molar-refractivity contribution in [2.75, 3.05) is 11.1 Å². The van der Waals surface area contributed by atoms with Crippen LogP contribution in [-0.4, -0.2) is 20.6 Å². The third-order valence-electron chi connectivity index (χ3n) is 2.58. The zero-order valence-electron chi connectivity index (χ0n) is 12.8. The zero-order valence-corrected chi connectivity index (χ0v) is 12.8. The Balaban J connectivity index is 2.09. The summed E-state index contributed by atoms with van der Waals surface area (Å²) >= 11 is 0. The Kier molecular flexibility index (Phi) is 4.26. The van der Waals surface area contributed by atoms with Crippen LogP contribution < -0.4 is 15.8 Å². The minimum atomic E-state index is -0.344. The van der Waals surface area contributed by atoms with Gasteiger partial charge < -0.3 is 15.8 Å². The normalized spacial score (nSPS) is 11.2. The van der Waals surface area contributed by atoms with Crippen LogP contribution in [0.3, 0.4) is 0 Å². The van der Waals surface area contributed by atoms with Crippen LogP contribution in [0.25, 0.3) is 0 Å². The summed E-state index contributed by atoms with van der Waals surface area (Å²) in [4.78, 5) is 12.8. The van der Waals surface area contributed by atoms with E-state index >= 15 is 0 Å². The van der Waals surface area contributed by atoms with E-state index in [0.29, 0.717) is 23.9 Å². The van der Waals surface area contributed by atoms with Crippen LogP contribution in [0, 0.1) is 6.92 Å². The van der Waals surface area contributed by atoms with E-state index < -0.39 is 0 Å². The molecule has 0 amide bonds. The lowest BCUT2D eigenvalue weighted by Crippen LogP contribution is -2.24. The summed E-state index contributed by atoms with van der Waals surface area (Å²) < 4.78 is 5.74. The lowest BCUT2D eigenvalue weighted by atomic mass is 10.2. The molecule has 3 N–H and O–H groups in total. The number of ether oxygens (including phenoxy) is 1. The van der Waals surface area contributed by atoms with Crippen LogP contribution in [0.2, 0.25) is 0 Å². The van der Waals surface area contributed by atoms with Crippen molar-refractivity contribution in [2.24, 2.45) is 0 Å². The summed E-state index contributed by atoms with van der Waals surface area (Å²) in [6.45, 7) is 8.29. The molecule has 21 heavy (non-hydrogen) atoms. The van der Waals surface area contributed by atoms with Crippen molar-refractivity contribution >= 4 is 11.5 Å². The van der Waals surface area contributed by atoms with Crippen molar-refractivity contribution in [3.05, 3.63) is 35.9 Å². The van der Waals surface area contributed by atoms with E-state index in [1.165, 1.54) is 0 Å². The lowest BCUT2D eigenvalue weighted by molar-refractivity contribution is 0.125. The van der Waals surface area contributed by atoms with Crippen LogP contribution >= 0.6 is 0 Å². The number of nitrogens with zero attached hydrogens (tertiary/aromatic N) is 3. The number of aromatic nitrogens is 3. The van der Waals surface area contributed by atoms with E-state index in [1.807, 2.05) is 39.8 Å². The number of anilines is 2. The molecule has 0 saturated carbocycles. The van der Waals surface area contributed by atoms with E-state index in [2.05, 4.69) is 20.3 Å². The average Bonchev–Trinajstić information content (AvgIpc) is 2.38. The Bertz CT molecular complexity index is 622. The first-order valence-electron chi connectivity index (χ1n) is 6.81. The smallest absolute Gasteiger partial charge is 0.239 e. The summed E-state index contributed by atoms with van der Waals surface area (Å²) in [6.07, 6.45) is 1.74. The van der Waals surface area contributed by atoms with Gasteiger partial charge in [-0.1, -0.05) is 0 Å². The Morgan fingerprint density at radius 2 is 1.95 bits per heavy atom. The molecule has 0 aliphatic rings. The first-order chi connectivity index (χ1) is 9.83. The van der Waals surface area contributed by atoms with Gasteiger partial charge in [0.1, 0.15) is 17.2 Å². The van der Waals surface area contributed by atoms with Gasteiger partial charge in [0.2, 0.25) is 5.88 Å². The molecule has 2 aromatic heterocycles. The van der Waals surface area contributed by atoms with Crippen LogP contribution in [0.1, 0.15) is 32.3 Å². The van der Waals surface area contributed by atoms with Crippen molar-refractivity contribution in [3.63, 3.8) is 0 Å². The van der Waals surface area contributed by atoms with Crippen molar-refractivity contribution < 1.29 is 4.74 Å². The SMILES string of the molecule is Cc1nccc(CNc2ccc(N)c(OC(C)(C)C)n2)n1. The standard InChI is InChI=1S/C15H21N5O/c1-10-17-8-7-11(19-10)9-18-13-6-5-12(16)14(20-13)21-15(2,3)4/h5-8H,9,16H2,1-4H3,(H,18,20). The molecule has 0 saturated heterocycles. The molecule has 112 valence electrons. The maximum absolute atomic E-state index is 5.89. The number of nitrogens with one attached hydrogen (secondary N) is 1. The van der Waals surface area contributed by atoms with Crippen LogP contribution in [0.4, 0.5) is 11.5 Å². The number of rotatable bonds is 4. The van der Waals surface area contributed by atoms with E-state index in [9.17, 15) is 0 Å². The molecular formula is C15H21N5O. The van der Waals surface area contributed by atoms with Crippen LogP contribution in [0.15, 0.2) is 24.4 Å². The zero-order chi connectivity index (χ0) is 15.5. The number of pyridine rings is 1. The maximum Gasteiger partial charge on any atom is 0.239 e. The summed E-state index contributed by atoms with van der Waals surface area (Å²) in [5.41, 5.74) is 6.97. The second kappa shape index (κ2) is 5.95. The van der Waals surface area contributed by atoms with Crippen molar-refractivity contribution in [3.8, 4) is 5.88 Å². The van der Waals surface area contributed by atoms with Gasteiger partial charge in [-0.3, -0.25) is 0 Å². The highest BCUT2D eigenvalue weighted by atomic mass is 16.5. The molecule has 6 heteroatoms. The van der Waals surface area contributed by atoms with Gasteiger partial charge in [0.25, 0.3) is 0 Å². The first kappa shape index (κ1) is 15.0. The molecule has 2 heterocycles. The Morgan fingerprint density at radius 1 is 1.19 bits per heavy atom. The quantitative estimate of drug-likeness (QED) is 0.898. The van der Waals surface area contributed by atoms with Crippen molar-refractivity contribution in [1.82, 2.24) is 15.0 Å². The second-order valence-electron chi connectivity index (χ2n) is 5.75. The topological polar surface area (TPSA) is 86.0 Å². The fourth-order valence-electron chi connectivity index (χ4n) is 1.71. The molecule has 0 atom stereocenters. The Morgan fingerprint density at radius 3 is 2.62 bits per heavy atom. The molecular weight excluding hydrogens is 266 g/mol. The minimum Gasteiger partial charge on any atom is -0.470 e. The molecule has 0 aromatic carbocycles. The second-order valence-corrected chi connectivity index (χ2v) is 5.75. The molecule has 0 bridgehead atoms. The fraction of sp³-hybridized carbons (Fsp3) is 0.400. The highest BCUT2D eigenvalue weighted by Gasteiger charge is 2.15. The van der Waals surface area contributed by atoms with Gasteiger partial charge in [0.15, 0.2) is 0 Å². The highest BCUT2D eigenvalue weighted by molar-refractivity contribution is 5.53. The summed E-state index contributed by atoms with van der Waals surface area (Å²) in [5, 5.41) is 3.20. The molecule has 0 aliphatic carbocycles. The van der Waals surface area contributed by atoms with Gasteiger partial charge in [-0.05, 0) is 45.9 Å². The average molecular weight is 287 g/mol. The third kappa shape index (κ3) is 4.59. The predicted octanol–water partition coefficient (Wildman–Crippen LogP) is 2.55.